The molecule has 2 heterocycles. The van der Waals surface area contributed by atoms with E-state index < -0.39 is 0 Å². The molecule has 0 spiro atoms. The van der Waals surface area contributed by atoms with Crippen molar-refractivity contribution in [3.8, 4) is 11.1 Å². The summed E-state index contributed by atoms with van der Waals surface area (Å²) in [4.78, 5) is 4.09. The van der Waals surface area contributed by atoms with Crippen molar-refractivity contribution < 1.29 is 0 Å². The first-order valence-electron chi connectivity index (χ1n) is 5.26. The van der Waals surface area contributed by atoms with Crippen molar-refractivity contribution in [2.24, 2.45) is 0 Å². The molecule has 0 unspecified atom stereocenters. The summed E-state index contributed by atoms with van der Waals surface area (Å²) in [6, 6.07) is 9.76. The van der Waals surface area contributed by atoms with Crippen LogP contribution in [0.25, 0.3) is 22.0 Å². The molecule has 0 aliphatic carbocycles. The average Bonchev–Trinajstić information content (AvgIpc) is 2.38. The normalized spacial score (nSPS) is 10.6. The molecule has 2 N–H and O–H groups in total. The molecular weight excluding hydrogens is 212 g/mol. The highest BCUT2D eigenvalue weighted by Gasteiger charge is 2.05. The van der Waals surface area contributed by atoms with E-state index in [4.69, 9.17) is 5.73 Å². The lowest BCUT2D eigenvalue weighted by molar-refractivity contribution is 1.08. The Bertz CT molecular complexity index is 674. The van der Waals surface area contributed by atoms with E-state index in [1.54, 1.807) is 18.6 Å². The van der Waals surface area contributed by atoms with Gasteiger partial charge in [0, 0.05) is 28.9 Å². The molecule has 0 bridgehead atoms. The summed E-state index contributed by atoms with van der Waals surface area (Å²) in [6.07, 6.45) is 5.14. The van der Waals surface area contributed by atoms with E-state index >= 15 is 0 Å². The van der Waals surface area contributed by atoms with Crippen molar-refractivity contribution in [3.63, 3.8) is 0 Å². The second-order valence-corrected chi connectivity index (χ2v) is 3.78. The van der Waals surface area contributed by atoms with Crippen LogP contribution in [-0.4, -0.2) is 15.2 Å². The fourth-order valence-electron chi connectivity index (χ4n) is 1.84. The van der Waals surface area contributed by atoms with Crippen LogP contribution in [0.1, 0.15) is 0 Å². The molecule has 0 aliphatic rings. The molecule has 17 heavy (non-hydrogen) atoms. The summed E-state index contributed by atoms with van der Waals surface area (Å²) >= 11 is 0. The molecule has 0 aliphatic heterocycles. The van der Waals surface area contributed by atoms with Gasteiger partial charge < -0.3 is 5.73 Å². The summed E-state index contributed by atoms with van der Waals surface area (Å²) in [5.74, 6) is 0. The van der Waals surface area contributed by atoms with Crippen molar-refractivity contribution in [1.82, 2.24) is 15.2 Å². The number of nitrogens with zero attached hydrogens (tertiary/aromatic N) is 3. The van der Waals surface area contributed by atoms with Gasteiger partial charge in [-0.2, -0.15) is 10.2 Å². The second-order valence-electron chi connectivity index (χ2n) is 3.78. The van der Waals surface area contributed by atoms with Gasteiger partial charge in [0.1, 0.15) is 0 Å². The lowest BCUT2D eigenvalue weighted by atomic mass is 10.0. The summed E-state index contributed by atoms with van der Waals surface area (Å²) in [6.45, 7) is 0. The zero-order chi connectivity index (χ0) is 11.7. The van der Waals surface area contributed by atoms with E-state index in [0.717, 1.165) is 22.0 Å². The molecule has 0 atom stereocenters. The highest BCUT2D eigenvalue weighted by Crippen LogP contribution is 2.26. The molecule has 0 fully saturated rings. The fraction of sp³-hybridized carbons (Fsp3) is 0. The zero-order valence-electron chi connectivity index (χ0n) is 9.04. The summed E-state index contributed by atoms with van der Waals surface area (Å²) in [7, 11) is 0. The number of hydrogen-bond acceptors (Lipinski definition) is 4. The molecule has 82 valence electrons. The second kappa shape index (κ2) is 3.83. The van der Waals surface area contributed by atoms with Gasteiger partial charge in [0.25, 0.3) is 0 Å². The lowest BCUT2D eigenvalue weighted by Crippen LogP contribution is -1.91. The molecule has 2 aromatic heterocycles. The van der Waals surface area contributed by atoms with Gasteiger partial charge in [0.2, 0.25) is 0 Å². The van der Waals surface area contributed by atoms with E-state index in [0.29, 0.717) is 5.69 Å². The van der Waals surface area contributed by atoms with Crippen molar-refractivity contribution in [1.29, 1.82) is 0 Å². The van der Waals surface area contributed by atoms with Gasteiger partial charge >= 0.3 is 0 Å². The van der Waals surface area contributed by atoms with E-state index in [2.05, 4.69) is 15.2 Å². The largest absolute Gasteiger partial charge is 0.397 e. The number of benzene rings is 1. The smallest absolute Gasteiger partial charge is 0.0935 e. The molecule has 1 aromatic carbocycles. The van der Waals surface area contributed by atoms with Gasteiger partial charge in [0.15, 0.2) is 0 Å². The Morgan fingerprint density at radius 2 is 1.88 bits per heavy atom. The number of rotatable bonds is 1. The maximum atomic E-state index is 5.74. The van der Waals surface area contributed by atoms with Crippen LogP contribution in [-0.2, 0) is 0 Å². The maximum absolute atomic E-state index is 5.74. The third kappa shape index (κ3) is 1.69. The lowest BCUT2D eigenvalue weighted by Gasteiger charge is -2.05. The third-order valence-corrected chi connectivity index (χ3v) is 2.62. The number of hydrogen-bond donors (Lipinski definition) is 1. The molecule has 4 nitrogen and oxygen atoms in total. The SMILES string of the molecule is Nc1cncc(-c2cnnc3ccccc23)c1. The minimum Gasteiger partial charge on any atom is -0.397 e. The molecule has 3 rings (SSSR count). The highest BCUT2D eigenvalue weighted by atomic mass is 15.1. The number of nitrogens with two attached hydrogens (primary N) is 1. The van der Waals surface area contributed by atoms with Crippen LogP contribution in [0.4, 0.5) is 5.69 Å². The minimum atomic E-state index is 0.642. The van der Waals surface area contributed by atoms with E-state index in [9.17, 15) is 0 Å². The van der Waals surface area contributed by atoms with Crippen LogP contribution >= 0.6 is 0 Å². The van der Waals surface area contributed by atoms with Crippen molar-refractivity contribution in [2.45, 2.75) is 0 Å². The van der Waals surface area contributed by atoms with Crippen LogP contribution < -0.4 is 5.73 Å². The summed E-state index contributed by atoms with van der Waals surface area (Å²) in [5.41, 5.74) is 9.20. The van der Waals surface area contributed by atoms with E-state index in [-0.39, 0.29) is 0 Å². The average molecular weight is 222 g/mol. The van der Waals surface area contributed by atoms with Crippen LogP contribution in [0.15, 0.2) is 48.9 Å². The summed E-state index contributed by atoms with van der Waals surface area (Å²) < 4.78 is 0. The third-order valence-electron chi connectivity index (χ3n) is 2.62. The van der Waals surface area contributed by atoms with E-state index in [1.165, 1.54) is 0 Å². The van der Waals surface area contributed by atoms with Gasteiger partial charge in [-0.3, -0.25) is 4.98 Å². The van der Waals surface area contributed by atoms with Crippen molar-refractivity contribution in [2.75, 3.05) is 5.73 Å². The van der Waals surface area contributed by atoms with Crippen LogP contribution in [0.3, 0.4) is 0 Å². The van der Waals surface area contributed by atoms with Crippen LogP contribution in [0, 0.1) is 0 Å². The molecule has 4 heteroatoms. The fourth-order valence-corrected chi connectivity index (χ4v) is 1.84. The molecular formula is C13H10N4. The molecule has 3 aromatic rings. The van der Waals surface area contributed by atoms with Gasteiger partial charge in [-0.15, -0.1) is 0 Å². The first-order valence-corrected chi connectivity index (χ1v) is 5.26. The topological polar surface area (TPSA) is 64.7 Å². The number of anilines is 1. The molecule has 0 saturated heterocycles. The first kappa shape index (κ1) is 9.72. The first-order chi connectivity index (χ1) is 8.34. The van der Waals surface area contributed by atoms with Gasteiger partial charge in [-0.05, 0) is 12.1 Å². The van der Waals surface area contributed by atoms with Crippen molar-refractivity contribution >= 4 is 16.6 Å². The summed E-state index contributed by atoms with van der Waals surface area (Å²) in [5, 5.41) is 9.14. The van der Waals surface area contributed by atoms with Crippen molar-refractivity contribution in [3.05, 3.63) is 48.9 Å². The van der Waals surface area contributed by atoms with Gasteiger partial charge in [0.05, 0.1) is 17.4 Å². The number of aromatic nitrogens is 3. The maximum Gasteiger partial charge on any atom is 0.0935 e. The Hall–Kier alpha value is -2.49. The zero-order valence-corrected chi connectivity index (χ0v) is 9.04. The minimum absolute atomic E-state index is 0.642. The van der Waals surface area contributed by atoms with Gasteiger partial charge in [-0.25, -0.2) is 0 Å². The standard InChI is InChI=1S/C13H10N4/c14-10-5-9(6-15-7-10)12-8-16-17-13-4-2-1-3-11(12)13/h1-8H,14H2. The molecule has 0 radical (unpaired) electrons. The Kier molecular flexibility index (Phi) is 2.19. The molecule has 0 amide bonds. The number of fused-ring (bicyclic) bond motifs is 1. The molecule has 0 saturated carbocycles. The highest BCUT2D eigenvalue weighted by molar-refractivity contribution is 5.93. The van der Waals surface area contributed by atoms with E-state index in [1.807, 2.05) is 30.3 Å². The number of nitrogen functional groups attached to an aromatic ring is 1. The van der Waals surface area contributed by atoms with Crippen LogP contribution in [0.2, 0.25) is 0 Å². The predicted molar refractivity (Wildman–Crippen MR) is 67.2 cm³/mol. The number of pyridine rings is 1. The predicted octanol–water partition coefficient (Wildman–Crippen LogP) is 2.27. The Morgan fingerprint density at radius 3 is 2.76 bits per heavy atom. The quantitative estimate of drug-likeness (QED) is 0.686. The monoisotopic (exact) mass is 222 g/mol. The Labute approximate surface area is 98.1 Å². The van der Waals surface area contributed by atoms with Gasteiger partial charge in [-0.1, -0.05) is 18.2 Å². The Balaban J connectivity index is 2.30. The van der Waals surface area contributed by atoms with Crippen LogP contribution in [0.5, 0.6) is 0 Å². The Morgan fingerprint density at radius 1 is 1.00 bits per heavy atom.